The molecule has 5 nitrogen and oxygen atoms in total. The van der Waals surface area contributed by atoms with Crippen molar-refractivity contribution in [3.8, 4) is 0 Å². The Balaban J connectivity index is 1.51. The molecule has 0 saturated carbocycles. The van der Waals surface area contributed by atoms with E-state index in [1.165, 1.54) is 12.1 Å². The number of hydrogen-bond acceptors (Lipinski definition) is 4. The number of carbonyl (C=O) groups is 1. The molecule has 0 aromatic heterocycles. The third-order valence-corrected chi connectivity index (χ3v) is 7.12. The highest BCUT2D eigenvalue weighted by atomic mass is 35.5. The van der Waals surface area contributed by atoms with E-state index in [1.807, 2.05) is 0 Å². The van der Waals surface area contributed by atoms with Gasteiger partial charge in [0.25, 0.3) is 5.91 Å². The smallest absolute Gasteiger partial charge is 0.253 e. The lowest BCUT2D eigenvalue weighted by Gasteiger charge is -2.39. The molecule has 1 aromatic rings. The summed E-state index contributed by atoms with van der Waals surface area (Å²) < 4.78 is 36.4. The molecule has 2 saturated heterocycles. The van der Waals surface area contributed by atoms with Gasteiger partial charge < -0.3 is 10.2 Å². The summed E-state index contributed by atoms with van der Waals surface area (Å²) in [6, 6.07) is 4.09. The van der Waals surface area contributed by atoms with Crippen LogP contribution in [0.5, 0.6) is 0 Å². The van der Waals surface area contributed by atoms with Crippen LogP contribution in [0.3, 0.4) is 0 Å². The predicted molar refractivity (Wildman–Crippen MR) is 95.1 cm³/mol. The van der Waals surface area contributed by atoms with Gasteiger partial charge in [0.15, 0.2) is 0 Å². The fourth-order valence-corrected chi connectivity index (χ4v) is 5.26. The first-order valence-electron chi connectivity index (χ1n) is 8.54. The molecule has 0 spiro atoms. The van der Waals surface area contributed by atoms with Crippen molar-refractivity contribution >= 4 is 27.3 Å². The minimum absolute atomic E-state index is 0.0235. The van der Waals surface area contributed by atoms with Gasteiger partial charge in [0.05, 0.1) is 22.1 Å². The van der Waals surface area contributed by atoms with Gasteiger partial charge in [-0.1, -0.05) is 11.6 Å². The maximum atomic E-state index is 13.3. The molecule has 0 atom stereocenters. The molecule has 1 N–H and O–H groups in total. The normalized spacial score (nSPS) is 22.6. The van der Waals surface area contributed by atoms with Crippen LogP contribution in [0.15, 0.2) is 18.2 Å². The Hall–Kier alpha value is -1.18. The molecule has 0 unspecified atom stereocenters. The van der Waals surface area contributed by atoms with Crippen molar-refractivity contribution < 1.29 is 17.6 Å². The SMILES string of the molecule is O=C(NC1CCN(C2CCS(=O)(=O)CC2)CC1)c1cc(F)ccc1Cl. The van der Waals surface area contributed by atoms with E-state index >= 15 is 0 Å². The number of carbonyl (C=O) groups excluding carboxylic acids is 1. The molecule has 0 bridgehead atoms. The maximum absolute atomic E-state index is 13.3. The number of amides is 1. The highest BCUT2D eigenvalue weighted by molar-refractivity contribution is 7.91. The molecule has 2 aliphatic rings. The molecule has 2 aliphatic heterocycles. The molecule has 3 rings (SSSR count). The zero-order chi connectivity index (χ0) is 18.0. The van der Waals surface area contributed by atoms with E-state index in [-0.39, 0.29) is 34.0 Å². The maximum Gasteiger partial charge on any atom is 0.253 e. The molecule has 2 heterocycles. The molecule has 0 radical (unpaired) electrons. The van der Waals surface area contributed by atoms with E-state index in [0.29, 0.717) is 18.9 Å². The molecule has 138 valence electrons. The van der Waals surface area contributed by atoms with E-state index in [4.69, 9.17) is 11.6 Å². The van der Waals surface area contributed by atoms with Crippen LogP contribution in [-0.2, 0) is 9.84 Å². The second-order valence-electron chi connectivity index (χ2n) is 6.79. The highest BCUT2D eigenvalue weighted by Crippen LogP contribution is 2.23. The summed E-state index contributed by atoms with van der Waals surface area (Å²) in [6.45, 7) is 1.65. The minimum atomic E-state index is -2.85. The summed E-state index contributed by atoms with van der Waals surface area (Å²) in [4.78, 5) is 14.6. The fraction of sp³-hybridized carbons (Fsp3) is 0.588. The van der Waals surface area contributed by atoms with Gasteiger partial charge in [-0.15, -0.1) is 0 Å². The van der Waals surface area contributed by atoms with Crippen LogP contribution in [0.25, 0.3) is 0 Å². The quantitative estimate of drug-likeness (QED) is 0.862. The molecule has 8 heteroatoms. The van der Waals surface area contributed by atoms with Gasteiger partial charge >= 0.3 is 0 Å². The third kappa shape index (κ3) is 4.71. The zero-order valence-electron chi connectivity index (χ0n) is 13.9. The first-order chi connectivity index (χ1) is 11.8. The Labute approximate surface area is 152 Å². The van der Waals surface area contributed by atoms with Gasteiger partial charge in [0, 0.05) is 25.2 Å². The number of benzene rings is 1. The fourth-order valence-electron chi connectivity index (χ4n) is 3.59. The van der Waals surface area contributed by atoms with Crippen LogP contribution in [-0.4, -0.2) is 55.9 Å². The molecule has 2 fully saturated rings. The Morgan fingerprint density at radius 2 is 1.80 bits per heavy atom. The van der Waals surface area contributed by atoms with Gasteiger partial charge in [0.1, 0.15) is 15.7 Å². The summed E-state index contributed by atoms with van der Waals surface area (Å²) in [5.41, 5.74) is 0.154. The van der Waals surface area contributed by atoms with E-state index in [0.717, 1.165) is 32.0 Å². The van der Waals surface area contributed by atoms with Crippen LogP contribution in [0, 0.1) is 5.82 Å². The van der Waals surface area contributed by atoms with Crippen molar-refractivity contribution in [1.29, 1.82) is 0 Å². The van der Waals surface area contributed by atoms with Gasteiger partial charge in [0.2, 0.25) is 0 Å². The van der Waals surface area contributed by atoms with E-state index < -0.39 is 15.7 Å². The Morgan fingerprint density at radius 3 is 2.44 bits per heavy atom. The summed E-state index contributed by atoms with van der Waals surface area (Å²) >= 11 is 5.97. The van der Waals surface area contributed by atoms with E-state index in [9.17, 15) is 17.6 Å². The first kappa shape index (κ1) is 18.6. The second kappa shape index (κ2) is 7.60. The predicted octanol–water partition coefficient (Wildman–Crippen LogP) is 2.25. The first-order valence-corrected chi connectivity index (χ1v) is 10.7. The number of nitrogens with zero attached hydrogens (tertiary/aromatic N) is 1. The summed E-state index contributed by atoms with van der Waals surface area (Å²) in [5, 5.41) is 3.16. The van der Waals surface area contributed by atoms with Crippen molar-refractivity contribution in [3.63, 3.8) is 0 Å². The van der Waals surface area contributed by atoms with Crippen LogP contribution in [0.4, 0.5) is 4.39 Å². The Bertz CT molecular complexity index is 734. The van der Waals surface area contributed by atoms with Crippen molar-refractivity contribution in [3.05, 3.63) is 34.6 Å². The minimum Gasteiger partial charge on any atom is -0.349 e. The molecule has 1 amide bonds. The lowest BCUT2D eigenvalue weighted by atomic mass is 10.0. The van der Waals surface area contributed by atoms with Gasteiger partial charge in [-0.2, -0.15) is 0 Å². The average Bonchev–Trinajstić information content (AvgIpc) is 2.58. The van der Waals surface area contributed by atoms with Crippen LogP contribution in [0.2, 0.25) is 5.02 Å². The molecule has 25 heavy (non-hydrogen) atoms. The standard InChI is InChI=1S/C17H22ClFN2O3S/c18-16-2-1-12(19)11-15(16)17(22)20-13-3-7-21(8-4-13)14-5-9-25(23,24)10-6-14/h1-2,11,13-14H,3-10H2,(H,20,22). The number of likely N-dealkylation sites (tertiary alicyclic amines) is 1. The van der Waals surface area contributed by atoms with E-state index in [2.05, 4.69) is 10.2 Å². The Morgan fingerprint density at radius 1 is 1.16 bits per heavy atom. The van der Waals surface area contributed by atoms with Crippen molar-refractivity contribution in [2.24, 2.45) is 0 Å². The van der Waals surface area contributed by atoms with Crippen molar-refractivity contribution in [1.82, 2.24) is 10.2 Å². The number of sulfone groups is 1. The average molecular weight is 389 g/mol. The largest absolute Gasteiger partial charge is 0.349 e. The van der Waals surface area contributed by atoms with E-state index in [1.54, 1.807) is 0 Å². The van der Waals surface area contributed by atoms with Gasteiger partial charge in [-0.3, -0.25) is 4.79 Å². The number of hydrogen-bond donors (Lipinski definition) is 1. The molecular weight excluding hydrogens is 367 g/mol. The van der Waals surface area contributed by atoms with Crippen molar-refractivity contribution in [2.45, 2.75) is 37.8 Å². The highest BCUT2D eigenvalue weighted by Gasteiger charge is 2.31. The molecule has 1 aromatic carbocycles. The zero-order valence-corrected chi connectivity index (χ0v) is 15.5. The summed E-state index contributed by atoms with van der Waals surface area (Å²) in [7, 11) is -2.85. The number of piperidine rings is 1. The lowest BCUT2D eigenvalue weighted by Crippen LogP contribution is -2.49. The number of rotatable bonds is 3. The lowest BCUT2D eigenvalue weighted by molar-refractivity contribution is 0.0885. The van der Waals surface area contributed by atoms with Crippen molar-refractivity contribution in [2.75, 3.05) is 24.6 Å². The Kier molecular flexibility index (Phi) is 5.65. The summed E-state index contributed by atoms with van der Waals surface area (Å²) in [6.07, 6.45) is 2.97. The van der Waals surface area contributed by atoms with Crippen LogP contribution >= 0.6 is 11.6 Å². The number of halogens is 2. The molecule has 0 aliphatic carbocycles. The summed E-state index contributed by atoms with van der Waals surface area (Å²) in [5.74, 6) is -0.304. The number of nitrogens with one attached hydrogen (secondary N) is 1. The van der Waals surface area contributed by atoms with Crippen LogP contribution in [0.1, 0.15) is 36.0 Å². The second-order valence-corrected chi connectivity index (χ2v) is 9.50. The topological polar surface area (TPSA) is 66.5 Å². The van der Waals surface area contributed by atoms with Crippen LogP contribution < -0.4 is 5.32 Å². The van der Waals surface area contributed by atoms with Gasteiger partial charge in [-0.25, -0.2) is 12.8 Å². The third-order valence-electron chi connectivity index (χ3n) is 5.08. The monoisotopic (exact) mass is 388 g/mol. The van der Waals surface area contributed by atoms with Gasteiger partial charge in [-0.05, 0) is 43.9 Å². The molecular formula is C17H22ClFN2O3S.